The molecule has 3 aromatic rings. The van der Waals surface area contributed by atoms with E-state index in [1.807, 2.05) is 12.3 Å². The van der Waals surface area contributed by atoms with Crippen LogP contribution in [0.3, 0.4) is 0 Å². The maximum Gasteiger partial charge on any atom is 0.268 e. The number of carbonyl (C=O) groups excluding carboxylic acids is 1. The van der Waals surface area contributed by atoms with Gasteiger partial charge in [0, 0.05) is 19.2 Å². The number of hydrogen-bond donors (Lipinski definition) is 1. The van der Waals surface area contributed by atoms with Crippen LogP contribution in [0.4, 0.5) is 14.5 Å². The van der Waals surface area contributed by atoms with Gasteiger partial charge in [0.15, 0.2) is 0 Å². The van der Waals surface area contributed by atoms with Gasteiger partial charge in [-0.05, 0) is 43.3 Å². The van der Waals surface area contributed by atoms with Gasteiger partial charge in [-0.2, -0.15) is 0 Å². The molecule has 1 aromatic carbocycles. The first-order valence-corrected chi connectivity index (χ1v) is 9.86. The average Bonchev–Trinajstić information content (AvgIpc) is 3.08. The highest BCUT2D eigenvalue weighted by atomic mass is 32.1. The van der Waals surface area contributed by atoms with Crippen LogP contribution in [0.25, 0.3) is 10.2 Å². The molecule has 8 heteroatoms. The largest absolute Gasteiger partial charge is 0.506 e. The average molecular weight is 406 g/mol. The van der Waals surface area contributed by atoms with E-state index in [4.69, 9.17) is 0 Å². The number of aromatic nitrogens is 1. The molecule has 0 atom stereocenters. The van der Waals surface area contributed by atoms with E-state index < -0.39 is 34.4 Å². The van der Waals surface area contributed by atoms with Crippen LogP contribution >= 0.6 is 11.3 Å². The maximum absolute atomic E-state index is 14.3. The number of benzene rings is 1. The lowest BCUT2D eigenvalue weighted by molar-refractivity contribution is 0.0983. The fourth-order valence-electron chi connectivity index (χ4n) is 3.29. The Balaban J connectivity index is 2.26. The first-order valence-electron chi connectivity index (χ1n) is 8.98. The lowest BCUT2D eigenvalue weighted by atomic mass is 10.1. The van der Waals surface area contributed by atoms with Crippen LogP contribution in [-0.4, -0.2) is 22.1 Å². The number of nitrogens with zero attached hydrogens (tertiary/aromatic N) is 2. The van der Waals surface area contributed by atoms with Crippen molar-refractivity contribution in [1.82, 2.24) is 4.57 Å². The molecular formula is C20H20F2N2O3S. The van der Waals surface area contributed by atoms with Gasteiger partial charge in [-0.15, -0.1) is 11.3 Å². The quantitative estimate of drug-likeness (QED) is 0.687. The summed E-state index contributed by atoms with van der Waals surface area (Å²) in [4.78, 5) is 27.8. The third-order valence-electron chi connectivity index (χ3n) is 4.70. The normalized spacial score (nSPS) is 11.2. The number of aromatic hydroxyl groups is 1. The molecule has 0 bridgehead atoms. The molecule has 0 spiro atoms. The Kier molecular flexibility index (Phi) is 5.51. The molecule has 1 N–H and O–H groups in total. The summed E-state index contributed by atoms with van der Waals surface area (Å²) in [6.07, 6.45) is 0.618. The van der Waals surface area contributed by atoms with E-state index in [0.717, 1.165) is 22.6 Å². The van der Waals surface area contributed by atoms with E-state index in [0.29, 0.717) is 29.2 Å². The van der Waals surface area contributed by atoms with Crippen LogP contribution < -0.4 is 10.5 Å². The number of rotatable bonds is 5. The molecule has 0 radical (unpaired) electrons. The number of aryl methyl sites for hydroxylation is 2. The molecule has 28 heavy (non-hydrogen) atoms. The summed E-state index contributed by atoms with van der Waals surface area (Å²) in [6, 6.07) is 2.85. The first-order chi connectivity index (χ1) is 13.3. The molecule has 0 aliphatic carbocycles. The van der Waals surface area contributed by atoms with Gasteiger partial charge in [-0.3, -0.25) is 14.2 Å². The zero-order valence-electron chi connectivity index (χ0n) is 15.8. The second kappa shape index (κ2) is 7.71. The van der Waals surface area contributed by atoms with E-state index in [9.17, 15) is 23.5 Å². The third-order valence-corrected chi connectivity index (χ3v) is 5.75. The molecule has 0 aliphatic rings. The van der Waals surface area contributed by atoms with Crippen molar-refractivity contribution in [2.24, 2.45) is 0 Å². The Morgan fingerprint density at radius 2 is 1.96 bits per heavy atom. The number of pyridine rings is 1. The molecule has 0 saturated heterocycles. The van der Waals surface area contributed by atoms with Crippen LogP contribution in [0.2, 0.25) is 0 Å². The minimum atomic E-state index is -0.920. The number of hydrogen-bond acceptors (Lipinski definition) is 4. The Hall–Kier alpha value is -2.74. The molecule has 2 aromatic heterocycles. The monoisotopic (exact) mass is 406 g/mol. The second-order valence-electron chi connectivity index (χ2n) is 6.21. The fraction of sp³-hybridized carbons (Fsp3) is 0.300. The van der Waals surface area contributed by atoms with Crippen molar-refractivity contribution < 1.29 is 18.7 Å². The van der Waals surface area contributed by atoms with Gasteiger partial charge in [0.1, 0.15) is 27.8 Å². The Bertz CT molecular complexity index is 1120. The van der Waals surface area contributed by atoms with Gasteiger partial charge in [-0.25, -0.2) is 8.78 Å². The second-order valence-corrected chi connectivity index (χ2v) is 7.07. The minimum Gasteiger partial charge on any atom is -0.506 e. The van der Waals surface area contributed by atoms with Gasteiger partial charge < -0.3 is 10.0 Å². The van der Waals surface area contributed by atoms with Gasteiger partial charge in [0.25, 0.3) is 11.5 Å². The van der Waals surface area contributed by atoms with Gasteiger partial charge in [-0.1, -0.05) is 6.92 Å². The molecule has 1 amide bonds. The molecular weight excluding hydrogens is 386 g/mol. The van der Waals surface area contributed by atoms with E-state index in [-0.39, 0.29) is 12.2 Å². The van der Waals surface area contributed by atoms with E-state index in [1.165, 1.54) is 15.9 Å². The van der Waals surface area contributed by atoms with E-state index in [1.54, 1.807) is 13.8 Å². The number of thiophene rings is 1. The molecule has 2 heterocycles. The number of carbonyl (C=O) groups is 1. The maximum atomic E-state index is 14.3. The van der Waals surface area contributed by atoms with Crippen molar-refractivity contribution in [3.63, 3.8) is 0 Å². The van der Waals surface area contributed by atoms with Crippen LogP contribution in [0.1, 0.15) is 36.7 Å². The fourth-order valence-corrected chi connectivity index (χ4v) is 4.51. The number of fused-ring (bicyclic) bond motifs is 1. The summed E-state index contributed by atoms with van der Waals surface area (Å²) < 4.78 is 28.9. The summed E-state index contributed by atoms with van der Waals surface area (Å²) in [5.74, 6) is -2.91. The summed E-state index contributed by atoms with van der Waals surface area (Å²) in [5, 5.41) is 13.1. The van der Waals surface area contributed by atoms with Crippen molar-refractivity contribution in [3.05, 3.63) is 56.7 Å². The summed E-state index contributed by atoms with van der Waals surface area (Å²) in [5.41, 5.74) is -0.377. The SMILES string of the molecule is CCc1csc2c1c(O)c(C(=O)N(CC)c1ccc(F)cc1F)c(=O)n2CC. The topological polar surface area (TPSA) is 62.5 Å². The molecule has 5 nitrogen and oxygen atoms in total. The van der Waals surface area contributed by atoms with Gasteiger partial charge in [0.05, 0.1) is 11.1 Å². The highest BCUT2D eigenvalue weighted by Gasteiger charge is 2.29. The minimum absolute atomic E-state index is 0.0364. The van der Waals surface area contributed by atoms with Crippen molar-refractivity contribution >= 4 is 33.1 Å². The third kappa shape index (κ3) is 3.07. The smallest absolute Gasteiger partial charge is 0.268 e. The van der Waals surface area contributed by atoms with Crippen molar-refractivity contribution in [2.75, 3.05) is 11.4 Å². The molecule has 0 saturated carbocycles. The van der Waals surface area contributed by atoms with Crippen LogP contribution in [0.5, 0.6) is 5.75 Å². The van der Waals surface area contributed by atoms with Crippen molar-refractivity contribution in [1.29, 1.82) is 0 Å². The predicted molar refractivity (Wildman–Crippen MR) is 107 cm³/mol. The van der Waals surface area contributed by atoms with Crippen LogP contribution in [-0.2, 0) is 13.0 Å². The number of anilines is 1. The summed E-state index contributed by atoms with van der Waals surface area (Å²) in [7, 11) is 0. The standard InChI is InChI=1S/C20H20F2N2O3S/c1-4-11-10-28-20-15(11)17(25)16(19(27)24(20)6-3)18(26)23(5-2)14-8-7-12(21)9-13(14)22/h7-10,25H,4-6H2,1-3H3. The van der Waals surface area contributed by atoms with E-state index in [2.05, 4.69) is 0 Å². The molecule has 0 fully saturated rings. The predicted octanol–water partition coefficient (Wildman–Crippen LogP) is 4.30. The summed E-state index contributed by atoms with van der Waals surface area (Å²) >= 11 is 1.33. The zero-order chi connectivity index (χ0) is 20.6. The van der Waals surface area contributed by atoms with Crippen LogP contribution in [0, 0.1) is 11.6 Å². The Morgan fingerprint density at radius 3 is 2.54 bits per heavy atom. The molecule has 0 unspecified atom stereocenters. The molecule has 148 valence electrons. The first kappa shape index (κ1) is 20.0. The Morgan fingerprint density at radius 1 is 1.25 bits per heavy atom. The van der Waals surface area contributed by atoms with Gasteiger partial charge in [0.2, 0.25) is 0 Å². The highest BCUT2D eigenvalue weighted by molar-refractivity contribution is 7.17. The summed E-state index contributed by atoms with van der Waals surface area (Å²) in [6.45, 7) is 5.65. The van der Waals surface area contributed by atoms with Crippen molar-refractivity contribution in [3.8, 4) is 5.75 Å². The lowest BCUT2D eigenvalue weighted by Crippen LogP contribution is -2.37. The Labute approximate surface area is 164 Å². The van der Waals surface area contributed by atoms with Crippen molar-refractivity contribution in [2.45, 2.75) is 33.7 Å². The number of amides is 1. The highest BCUT2D eigenvalue weighted by Crippen LogP contribution is 2.35. The van der Waals surface area contributed by atoms with Gasteiger partial charge >= 0.3 is 0 Å². The lowest BCUT2D eigenvalue weighted by Gasteiger charge is -2.22. The molecule has 0 aliphatic heterocycles. The molecule has 3 rings (SSSR count). The zero-order valence-corrected chi connectivity index (χ0v) is 16.6. The van der Waals surface area contributed by atoms with E-state index >= 15 is 0 Å². The van der Waals surface area contributed by atoms with Crippen LogP contribution in [0.15, 0.2) is 28.4 Å². The number of halogens is 2.